The normalized spacial score (nSPS) is 17.3. The van der Waals surface area contributed by atoms with E-state index in [1.54, 1.807) is 12.1 Å². The summed E-state index contributed by atoms with van der Waals surface area (Å²) in [5.74, 6) is -0.176. The number of halogens is 1. The highest BCUT2D eigenvalue weighted by atomic mass is 35.5. The molecule has 1 aliphatic heterocycles. The number of aryl methyl sites for hydroxylation is 1. The Hall–Kier alpha value is -2.53. The van der Waals surface area contributed by atoms with Crippen LogP contribution in [-0.2, 0) is 9.59 Å². The van der Waals surface area contributed by atoms with Crippen molar-refractivity contribution >= 4 is 34.8 Å². The smallest absolute Gasteiger partial charge is 0.256 e. The number of anilines is 2. The number of imide groups is 1. The Labute approximate surface area is 145 Å². The highest BCUT2D eigenvalue weighted by molar-refractivity contribution is 6.32. The lowest BCUT2D eigenvalue weighted by Crippen LogP contribution is -2.35. The first-order chi connectivity index (χ1) is 11.5. The van der Waals surface area contributed by atoms with Crippen LogP contribution in [0.15, 0.2) is 42.5 Å². The second kappa shape index (κ2) is 6.53. The molecule has 0 aromatic heterocycles. The van der Waals surface area contributed by atoms with Crippen molar-refractivity contribution in [2.24, 2.45) is 0 Å². The van der Waals surface area contributed by atoms with Gasteiger partial charge in [0.2, 0.25) is 5.91 Å². The van der Waals surface area contributed by atoms with Crippen molar-refractivity contribution in [2.45, 2.75) is 19.4 Å². The largest absolute Gasteiger partial charge is 0.495 e. The molecule has 1 atom stereocenters. The average Bonchev–Trinajstić information content (AvgIpc) is 2.84. The van der Waals surface area contributed by atoms with E-state index in [-0.39, 0.29) is 18.2 Å². The molecule has 2 amide bonds. The fourth-order valence-electron chi connectivity index (χ4n) is 2.72. The van der Waals surface area contributed by atoms with Crippen LogP contribution >= 0.6 is 11.6 Å². The fraction of sp³-hybridized carbons (Fsp3) is 0.222. The summed E-state index contributed by atoms with van der Waals surface area (Å²) in [5, 5.41) is 3.63. The molecule has 1 fully saturated rings. The van der Waals surface area contributed by atoms with Crippen molar-refractivity contribution < 1.29 is 14.3 Å². The van der Waals surface area contributed by atoms with E-state index in [1.807, 2.05) is 37.3 Å². The maximum Gasteiger partial charge on any atom is 0.256 e. The highest BCUT2D eigenvalue weighted by Crippen LogP contribution is 2.36. The van der Waals surface area contributed by atoms with E-state index in [1.165, 1.54) is 12.0 Å². The summed E-state index contributed by atoms with van der Waals surface area (Å²) in [6.45, 7) is 1.82. The van der Waals surface area contributed by atoms with E-state index in [0.717, 1.165) is 11.3 Å². The maximum absolute atomic E-state index is 12.7. The van der Waals surface area contributed by atoms with Crippen molar-refractivity contribution in [3.8, 4) is 5.75 Å². The van der Waals surface area contributed by atoms with Crippen molar-refractivity contribution in [3.63, 3.8) is 0 Å². The molecule has 24 heavy (non-hydrogen) atoms. The fourth-order valence-corrected chi connectivity index (χ4v) is 2.87. The van der Waals surface area contributed by atoms with Gasteiger partial charge >= 0.3 is 0 Å². The van der Waals surface area contributed by atoms with Crippen molar-refractivity contribution in [1.82, 2.24) is 0 Å². The third-order valence-electron chi connectivity index (χ3n) is 3.96. The minimum atomic E-state index is -0.597. The van der Waals surface area contributed by atoms with Gasteiger partial charge in [0.15, 0.2) is 0 Å². The van der Waals surface area contributed by atoms with Gasteiger partial charge in [0.1, 0.15) is 11.8 Å². The van der Waals surface area contributed by atoms with Crippen molar-refractivity contribution in [2.75, 3.05) is 17.3 Å². The molecule has 1 N–H and O–H groups in total. The predicted octanol–water partition coefficient (Wildman–Crippen LogP) is 3.40. The quantitative estimate of drug-likeness (QED) is 0.864. The zero-order valence-electron chi connectivity index (χ0n) is 13.4. The number of para-hydroxylation sites is 1. The van der Waals surface area contributed by atoms with Crippen LogP contribution in [0.3, 0.4) is 0 Å². The Morgan fingerprint density at radius 3 is 2.58 bits per heavy atom. The molecule has 124 valence electrons. The third kappa shape index (κ3) is 2.95. The lowest BCUT2D eigenvalue weighted by Gasteiger charge is -2.19. The van der Waals surface area contributed by atoms with Gasteiger partial charge in [0, 0.05) is 16.8 Å². The molecular weight excluding hydrogens is 328 g/mol. The maximum atomic E-state index is 12.7. The molecule has 1 heterocycles. The first kappa shape index (κ1) is 16.3. The molecule has 5 nitrogen and oxygen atoms in total. The number of carbonyl (C=O) groups is 2. The summed E-state index contributed by atoms with van der Waals surface area (Å²) < 4.78 is 5.29. The standard InChI is InChI=1S/C18H17ClN2O3/c1-11-8-15(16(24-2)9-13(11)19)21-17(22)10-14(18(21)23)20-12-6-4-3-5-7-12/h3-9,14,20H,10H2,1-2H3. The summed E-state index contributed by atoms with van der Waals surface area (Å²) in [4.78, 5) is 26.3. The van der Waals surface area contributed by atoms with Crippen LogP contribution in [0.2, 0.25) is 5.02 Å². The van der Waals surface area contributed by atoms with E-state index >= 15 is 0 Å². The Balaban J connectivity index is 1.91. The number of ether oxygens (including phenoxy) is 1. The molecule has 3 rings (SSSR count). The zero-order valence-corrected chi connectivity index (χ0v) is 14.1. The van der Waals surface area contributed by atoms with Gasteiger partial charge in [-0.1, -0.05) is 29.8 Å². The van der Waals surface area contributed by atoms with Crippen molar-refractivity contribution in [3.05, 3.63) is 53.1 Å². The summed E-state index contributed by atoms with van der Waals surface area (Å²) in [5.41, 5.74) is 1.99. The summed E-state index contributed by atoms with van der Waals surface area (Å²) in [7, 11) is 1.48. The van der Waals surface area contributed by atoms with Crippen molar-refractivity contribution in [1.29, 1.82) is 0 Å². The second-order valence-corrected chi connectivity index (χ2v) is 6.01. The zero-order chi connectivity index (χ0) is 17.3. The summed E-state index contributed by atoms with van der Waals surface area (Å²) in [6.07, 6.45) is 0.0958. The number of nitrogens with one attached hydrogen (secondary N) is 1. The second-order valence-electron chi connectivity index (χ2n) is 5.61. The molecule has 1 saturated heterocycles. The highest BCUT2D eigenvalue weighted by Gasteiger charge is 2.41. The average molecular weight is 345 g/mol. The van der Waals surface area contributed by atoms with Gasteiger partial charge in [0.05, 0.1) is 19.2 Å². The van der Waals surface area contributed by atoms with E-state index in [9.17, 15) is 9.59 Å². The number of benzene rings is 2. The Kier molecular flexibility index (Phi) is 4.44. The molecule has 0 spiro atoms. The number of hydrogen-bond acceptors (Lipinski definition) is 4. The number of amides is 2. The minimum Gasteiger partial charge on any atom is -0.495 e. The summed E-state index contributed by atoms with van der Waals surface area (Å²) in [6, 6.07) is 12.0. The Morgan fingerprint density at radius 1 is 1.21 bits per heavy atom. The molecule has 0 radical (unpaired) electrons. The first-order valence-corrected chi connectivity index (χ1v) is 7.91. The number of rotatable bonds is 4. The number of carbonyl (C=O) groups excluding carboxylic acids is 2. The van der Waals surface area contributed by atoms with E-state index in [0.29, 0.717) is 16.5 Å². The van der Waals surface area contributed by atoms with Crippen LogP contribution in [-0.4, -0.2) is 25.0 Å². The van der Waals surface area contributed by atoms with Gasteiger partial charge < -0.3 is 10.1 Å². The van der Waals surface area contributed by atoms with Crippen LogP contribution in [0, 0.1) is 6.92 Å². The van der Waals surface area contributed by atoms with Gasteiger partial charge in [-0.05, 0) is 30.7 Å². The minimum absolute atomic E-state index is 0.0958. The van der Waals surface area contributed by atoms with Crippen LogP contribution in [0.1, 0.15) is 12.0 Å². The first-order valence-electron chi connectivity index (χ1n) is 7.53. The van der Waals surface area contributed by atoms with E-state index < -0.39 is 6.04 Å². The monoisotopic (exact) mass is 344 g/mol. The molecule has 0 saturated carbocycles. The number of methoxy groups -OCH3 is 1. The van der Waals surface area contributed by atoms with Gasteiger partial charge in [-0.25, -0.2) is 4.90 Å². The predicted molar refractivity (Wildman–Crippen MR) is 93.7 cm³/mol. The van der Waals surface area contributed by atoms with Crippen LogP contribution in [0.25, 0.3) is 0 Å². The lowest BCUT2D eigenvalue weighted by molar-refractivity contribution is -0.121. The lowest BCUT2D eigenvalue weighted by atomic mass is 10.2. The molecule has 0 aliphatic carbocycles. The summed E-state index contributed by atoms with van der Waals surface area (Å²) >= 11 is 6.10. The molecule has 6 heteroatoms. The van der Waals surface area contributed by atoms with Crippen LogP contribution < -0.4 is 15.0 Å². The van der Waals surface area contributed by atoms with Crippen LogP contribution in [0.5, 0.6) is 5.75 Å². The van der Waals surface area contributed by atoms with Gasteiger partial charge in [-0.3, -0.25) is 9.59 Å². The molecule has 0 bridgehead atoms. The molecule has 1 aliphatic rings. The Morgan fingerprint density at radius 2 is 1.92 bits per heavy atom. The molecule has 1 unspecified atom stereocenters. The molecule has 2 aromatic rings. The van der Waals surface area contributed by atoms with E-state index in [4.69, 9.17) is 16.3 Å². The molecular formula is C18H17ClN2O3. The van der Waals surface area contributed by atoms with E-state index in [2.05, 4.69) is 5.32 Å². The van der Waals surface area contributed by atoms with Gasteiger partial charge in [-0.15, -0.1) is 0 Å². The SMILES string of the molecule is COc1cc(Cl)c(C)cc1N1C(=O)CC(Nc2ccccc2)C1=O. The topological polar surface area (TPSA) is 58.6 Å². The Bertz CT molecular complexity index is 792. The number of hydrogen-bond donors (Lipinski definition) is 1. The molecule has 2 aromatic carbocycles. The van der Waals surface area contributed by atoms with Gasteiger partial charge in [-0.2, -0.15) is 0 Å². The van der Waals surface area contributed by atoms with Crippen LogP contribution in [0.4, 0.5) is 11.4 Å². The number of nitrogens with zero attached hydrogens (tertiary/aromatic N) is 1. The third-order valence-corrected chi connectivity index (χ3v) is 4.37. The van der Waals surface area contributed by atoms with Gasteiger partial charge in [0.25, 0.3) is 5.91 Å².